The molecule has 0 radical (unpaired) electrons. The van der Waals surface area contributed by atoms with E-state index in [2.05, 4.69) is 10.6 Å². The fourth-order valence-electron chi connectivity index (χ4n) is 2.93. The Bertz CT molecular complexity index is 938. The molecule has 1 saturated carbocycles. The van der Waals surface area contributed by atoms with E-state index in [0.29, 0.717) is 24.5 Å². The average Bonchev–Trinajstić information content (AvgIpc) is 3.20. The number of anilines is 1. The van der Waals surface area contributed by atoms with Gasteiger partial charge in [0.15, 0.2) is 0 Å². The molecular weight excluding hydrogens is 442 g/mol. The molecule has 1 unspecified atom stereocenters. The van der Waals surface area contributed by atoms with E-state index in [-0.39, 0.29) is 10.9 Å². The van der Waals surface area contributed by atoms with Crippen LogP contribution in [0.5, 0.6) is 5.75 Å². The maximum atomic E-state index is 13.8. The molecule has 29 heavy (non-hydrogen) atoms. The highest BCUT2D eigenvalue weighted by Gasteiger charge is 2.52. The lowest BCUT2D eigenvalue weighted by Gasteiger charge is -2.15. The van der Waals surface area contributed by atoms with Gasteiger partial charge in [0.2, 0.25) is 0 Å². The van der Waals surface area contributed by atoms with Gasteiger partial charge >= 0.3 is 6.03 Å². The summed E-state index contributed by atoms with van der Waals surface area (Å²) in [4.78, 5) is 24.3. The van der Waals surface area contributed by atoms with Gasteiger partial charge < -0.3 is 10.1 Å². The number of urea groups is 1. The second kappa shape index (κ2) is 8.38. The van der Waals surface area contributed by atoms with Crippen LogP contribution in [-0.4, -0.2) is 22.9 Å². The first-order chi connectivity index (χ1) is 13.6. The number of imide groups is 1. The third kappa shape index (κ3) is 5.13. The molecule has 0 spiro atoms. The monoisotopic (exact) mass is 458 g/mol. The lowest BCUT2D eigenvalue weighted by Crippen LogP contribution is -2.35. The summed E-state index contributed by atoms with van der Waals surface area (Å²) >= 11 is 17.9. The van der Waals surface area contributed by atoms with Crippen molar-refractivity contribution < 1.29 is 18.7 Å². The molecule has 1 atom stereocenters. The predicted molar refractivity (Wildman–Crippen MR) is 112 cm³/mol. The summed E-state index contributed by atoms with van der Waals surface area (Å²) < 4.78 is 18.9. The van der Waals surface area contributed by atoms with Gasteiger partial charge in [-0.05, 0) is 55.7 Å². The first kappa shape index (κ1) is 21.7. The molecule has 0 bridgehead atoms. The minimum Gasteiger partial charge on any atom is -0.493 e. The van der Waals surface area contributed by atoms with Gasteiger partial charge in [0.25, 0.3) is 5.91 Å². The Hall–Kier alpha value is -2.02. The fraction of sp³-hybridized carbons (Fsp3) is 0.300. The molecule has 154 valence electrons. The molecule has 2 N–H and O–H groups in total. The van der Waals surface area contributed by atoms with E-state index in [0.717, 1.165) is 17.2 Å². The van der Waals surface area contributed by atoms with Crippen molar-refractivity contribution in [2.24, 2.45) is 5.92 Å². The van der Waals surface area contributed by atoms with Crippen LogP contribution in [-0.2, 0) is 0 Å². The Labute approximate surface area is 182 Å². The fourth-order valence-corrected chi connectivity index (χ4v) is 3.67. The van der Waals surface area contributed by atoms with Crippen molar-refractivity contribution in [3.05, 3.63) is 57.9 Å². The van der Waals surface area contributed by atoms with Crippen molar-refractivity contribution in [3.63, 3.8) is 0 Å². The number of hydrogen-bond donors (Lipinski definition) is 2. The Morgan fingerprint density at radius 3 is 2.41 bits per heavy atom. The summed E-state index contributed by atoms with van der Waals surface area (Å²) in [5.41, 5.74) is 1.64. The third-order valence-electron chi connectivity index (χ3n) is 4.52. The summed E-state index contributed by atoms with van der Waals surface area (Å²) in [6, 6.07) is 6.41. The van der Waals surface area contributed by atoms with Crippen molar-refractivity contribution in [1.82, 2.24) is 5.32 Å². The molecule has 3 amide bonds. The predicted octanol–water partition coefficient (Wildman–Crippen LogP) is 5.63. The summed E-state index contributed by atoms with van der Waals surface area (Å²) in [5, 5.41) is 4.52. The van der Waals surface area contributed by atoms with Gasteiger partial charge in [0, 0.05) is 11.6 Å². The highest BCUT2D eigenvalue weighted by molar-refractivity contribution is 6.50. The van der Waals surface area contributed by atoms with Crippen molar-refractivity contribution >= 4 is 52.4 Å². The van der Waals surface area contributed by atoms with E-state index in [9.17, 15) is 14.0 Å². The largest absolute Gasteiger partial charge is 0.493 e. The number of amides is 3. The lowest BCUT2D eigenvalue weighted by atomic mass is 10.1. The van der Waals surface area contributed by atoms with Crippen LogP contribution >= 0.6 is 34.8 Å². The minimum atomic E-state index is -0.936. The molecule has 1 aliphatic rings. The normalized spacial score (nSPS) is 16.8. The smallest absolute Gasteiger partial charge is 0.326 e. The van der Waals surface area contributed by atoms with Crippen LogP contribution < -0.4 is 15.4 Å². The molecule has 0 heterocycles. The van der Waals surface area contributed by atoms with Crippen LogP contribution in [0.4, 0.5) is 14.9 Å². The van der Waals surface area contributed by atoms with E-state index in [4.69, 9.17) is 39.5 Å². The number of halogens is 4. The Morgan fingerprint density at radius 2 is 1.86 bits per heavy atom. The maximum absolute atomic E-state index is 13.8. The molecular formula is C20H18Cl3FN2O3. The van der Waals surface area contributed by atoms with Crippen molar-refractivity contribution in [1.29, 1.82) is 0 Å². The number of carbonyl (C=O) groups is 2. The maximum Gasteiger partial charge on any atom is 0.326 e. The standard InChI is InChI=1S/C20H18Cl3FN2O3/c1-10-6-13(7-11(2)17(10)29-9-12-8-20(12,22)23)25-19(28)26-18(27)16-14(21)4-3-5-15(16)24/h3-7,12H,8-9H2,1-2H3,(H2,25,26,27,28). The third-order valence-corrected chi connectivity index (χ3v) is 5.76. The van der Waals surface area contributed by atoms with Crippen LogP contribution in [0.3, 0.4) is 0 Å². The molecule has 0 aromatic heterocycles. The van der Waals surface area contributed by atoms with Gasteiger partial charge in [-0.2, -0.15) is 0 Å². The Morgan fingerprint density at radius 1 is 1.24 bits per heavy atom. The number of carbonyl (C=O) groups excluding carboxylic acids is 2. The van der Waals surface area contributed by atoms with E-state index in [1.807, 2.05) is 13.8 Å². The summed E-state index contributed by atoms with van der Waals surface area (Å²) in [6.07, 6.45) is 0.689. The van der Waals surface area contributed by atoms with E-state index >= 15 is 0 Å². The highest BCUT2D eigenvalue weighted by Crippen LogP contribution is 2.53. The van der Waals surface area contributed by atoms with Crippen molar-refractivity contribution in [3.8, 4) is 5.75 Å². The molecule has 2 aromatic rings. The van der Waals surface area contributed by atoms with Gasteiger partial charge in [-0.25, -0.2) is 9.18 Å². The number of hydrogen-bond acceptors (Lipinski definition) is 3. The lowest BCUT2D eigenvalue weighted by molar-refractivity contribution is 0.0963. The van der Waals surface area contributed by atoms with Gasteiger partial charge in [0.05, 0.1) is 17.2 Å². The summed E-state index contributed by atoms with van der Waals surface area (Å²) in [5.74, 6) is -0.982. The van der Waals surface area contributed by atoms with Crippen LogP contribution in [0.15, 0.2) is 30.3 Å². The van der Waals surface area contributed by atoms with E-state index < -0.39 is 27.7 Å². The summed E-state index contributed by atoms with van der Waals surface area (Å²) in [6.45, 7) is 4.06. The topological polar surface area (TPSA) is 67.4 Å². The first-order valence-corrected chi connectivity index (χ1v) is 9.90. The highest BCUT2D eigenvalue weighted by atomic mass is 35.5. The van der Waals surface area contributed by atoms with E-state index in [1.165, 1.54) is 12.1 Å². The zero-order valence-corrected chi connectivity index (χ0v) is 17.9. The van der Waals surface area contributed by atoms with Crippen molar-refractivity contribution in [2.75, 3.05) is 11.9 Å². The number of aryl methyl sites for hydroxylation is 2. The molecule has 3 rings (SSSR count). The van der Waals surface area contributed by atoms with Gasteiger partial charge in [-0.15, -0.1) is 23.2 Å². The Balaban J connectivity index is 1.64. The molecule has 0 saturated heterocycles. The first-order valence-electron chi connectivity index (χ1n) is 8.76. The SMILES string of the molecule is Cc1cc(NC(=O)NC(=O)c2c(F)cccc2Cl)cc(C)c1OCC1CC1(Cl)Cl. The minimum absolute atomic E-state index is 0.0861. The second-order valence-corrected chi connectivity index (χ2v) is 8.87. The molecule has 9 heteroatoms. The number of alkyl halides is 2. The average molecular weight is 460 g/mol. The molecule has 1 fully saturated rings. The van der Waals surface area contributed by atoms with Gasteiger partial charge in [-0.1, -0.05) is 17.7 Å². The zero-order valence-electron chi connectivity index (χ0n) is 15.6. The number of ether oxygens (including phenoxy) is 1. The van der Waals surface area contributed by atoms with E-state index in [1.54, 1.807) is 12.1 Å². The van der Waals surface area contributed by atoms with Gasteiger partial charge in [0.1, 0.15) is 15.9 Å². The number of rotatable bonds is 5. The summed E-state index contributed by atoms with van der Waals surface area (Å²) in [7, 11) is 0. The molecule has 5 nitrogen and oxygen atoms in total. The number of nitrogens with one attached hydrogen (secondary N) is 2. The van der Waals surface area contributed by atoms with Crippen LogP contribution in [0.1, 0.15) is 27.9 Å². The quantitative estimate of drug-likeness (QED) is 0.569. The van der Waals surface area contributed by atoms with Crippen LogP contribution in [0.25, 0.3) is 0 Å². The Kier molecular flexibility index (Phi) is 6.27. The number of benzene rings is 2. The molecule has 1 aliphatic carbocycles. The molecule has 2 aromatic carbocycles. The van der Waals surface area contributed by atoms with Crippen molar-refractivity contribution in [2.45, 2.75) is 24.6 Å². The zero-order chi connectivity index (χ0) is 21.3. The second-order valence-electron chi connectivity index (χ2n) is 6.92. The molecule has 0 aliphatic heterocycles. The van der Waals surface area contributed by atoms with Crippen LogP contribution in [0.2, 0.25) is 5.02 Å². The van der Waals surface area contributed by atoms with Crippen LogP contribution in [0, 0.1) is 25.6 Å². The van der Waals surface area contributed by atoms with Gasteiger partial charge in [-0.3, -0.25) is 10.1 Å².